The van der Waals surface area contributed by atoms with Crippen LogP contribution >= 0.6 is 0 Å². The highest BCUT2D eigenvalue weighted by Crippen LogP contribution is 2.31. The number of amides is 3. The molecule has 6 nitrogen and oxygen atoms in total. The predicted octanol–water partition coefficient (Wildman–Crippen LogP) is 3.41. The molecule has 3 rings (SSSR count). The van der Waals surface area contributed by atoms with Crippen LogP contribution in [0.5, 0.6) is 5.75 Å². The van der Waals surface area contributed by atoms with Crippen LogP contribution in [0.3, 0.4) is 0 Å². The van der Waals surface area contributed by atoms with Gasteiger partial charge in [0.2, 0.25) is 5.91 Å². The summed E-state index contributed by atoms with van der Waals surface area (Å²) in [6, 6.07) is 13.4. The Morgan fingerprint density at radius 1 is 1.11 bits per heavy atom. The van der Waals surface area contributed by atoms with Gasteiger partial charge in [0.15, 0.2) is 0 Å². The van der Waals surface area contributed by atoms with E-state index < -0.39 is 24.6 Å². The average molecular weight is 373 g/mol. The Hall–Kier alpha value is -3.42. The van der Waals surface area contributed by atoms with Gasteiger partial charge < -0.3 is 20.7 Å². The van der Waals surface area contributed by atoms with E-state index in [1.807, 2.05) is 6.07 Å². The van der Waals surface area contributed by atoms with Crippen molar-refractivity contribution in [3.8, 4) is 5.75 Å². The molecule has 1 aliphatic heterocycles. The van der Waals surface area contributed by atoms with Crippen LogP contribution in [-0.4, -0.2) is 18.5 Å². The van der Waals surface area contributed by atoms with Crippen LogP contribution in [0.4, 0.5) is 19.3 Å². The van der Waals surface area contributed by atoms with Crippen molar-refractivity contribution in [2.75, 3.05) is 5.32 Å². The standard InChI is InChI=1S/C19H17F2N3O3/c1-11-15(17(25)23-13-5-3-2-4-6-13)16(24-19(26)22-11)12-7-9-14(10-8-12)27-18(20)21/h2-10,15-16,18H,1H2,(H,23,25)(H2,22,24,26)/t15-,16+/m0/s1. The molecule has 1 aliphatic rings. The molecule has 8 heteroatoms. The number of rotatable bonds is 5. The number of nitrogens with one attached hydrogen (secondary N) is 3. The minimum atomic E-state index is -2.93. The van der Waals surface area contributed by atoms with Crippen molar-refractivity contribution in [2.24, 2.45) is 5.92 Å². The summed E-state index contributed by atoms with van der Waals surface area (Å²) in [7, 11) is 0. The number of hydrogen-bond donors (Lipinski definition) is 3. The van der Waals surface area contributed by atoms with Gasteiger partial charge in [0.05, 0.1) is 6.04 Å². The molecule has 2 atom stereocenters. The van der Waals surface area contributed by atoms with E-state index in [2.05, 4.69) is 27.3 Å². The normalized spacial score (nSPS) is 19.2. The molecular formula is C19H17F2N3O3. The molecule has 3 N–H and O–H groups in total. The second-order valence-electron chi connectivity index (χ2n) is 5.88. The summed E-state index contributed by atoms with van der Waals surface area (Å²) in [6.45, 7) is 0.853. The average Bonchev–Trinajstić information content (AvgIpc) is 2.62. The zero-order valence-electron chi connectivity index (χ0n) is 14.1. The minimum Gasteiger partial charge on any atom is -0.435 e. The maximum atomic E-state index is 12.8. The zero-order valence-corrected chi connectivity index (χ0v) is 14.1. The molecule has 1 fully saturated rings. The lowest BCUT2D eigenvalue weighted by molar-refractivity contribution is -0.119. The summed E-state index contributed by atoms with van der Waals surface area (Å²) < 4.78 is 28.9. The van der Waals surface area contributed by atoms with E-state index >= 15 is 0 Å². The number of alkyl halides is 2. The highest BCUT2D eigenvalue weighted by atomic mass is 19.3. The van der Waals surface area contributed by atoms with Gasteiger partial charge in [0, 0.05) is 11.4 Å². The smallest absolute Gasteiger partial charge is 0.387 e. The van der Waals surface area contributed by atoms with Crippen LogP contribution in [0.2, 0.25) is 0 Å². The van der Waals surface area contributed by atoms with Gasteiger partial charge in [-0.25, -0.2) is 4.79 Å². The third kappa shape index (κ3) is 4.41. The van der Waals surface area contributed by atoms with Gasteiger partial charge in [-0.05, 0) is 29.8 Å². The van der Waals surface area contributed by atoms with Crippen molar-refractivity contribution >= 4 is 17.6 Å². The van der Waals surface area contributed by atoms with Crippen molar-refractivity contribution in [2.45, 2.75) is 12.7 Å². The van der Waals surface area contributed by atoms with Gasteiger partial charge in [-0.3, -0.25) is 4.79 Å². The molecule has 0 bridgehead atoms. The molecular weight excluding hydrogens is 356 g/mol. The number of ether oxygens (including phenoxy) is 1. The molecule has 0 unspecified atom stereocenters. The molecule has 2 aromatic carbocycles. The summed E-state index contributed by atoms with van der Waals surface area (Å²) in [5, 5.41) is 7.96. The first-order valence-electron chi connectivity index (χ1n) is 8.11. The third-order valence-electron chi connectivity index (χ3n) is 4.06. The van der Waals surface area contributed by atoms with Gasteiger partial charge in [-0.15, -0.1) is 0 Å². The highest BCUT2D eigenvalue weighted by Gasteiger charge is 2.37. The molecule has 0 aromatic heterocycles. The fraction of sp³-hybridized carbons (Fsp3) is 0.158. The van der Waals surface area contributed by atoms with Gasteiger partial charge >= 0.3 is 12.6 Å². The first-order valence-corrected chi connectivity index (χ1v) is 8.11. The summed E-state index contributed by atoms with van der Waals surface area (Å²) >= 11 is 0. The van der Waals surface area contributed by atoms with Crippen molar-refractivity contribution in [1.29, 1.82) is 0 Å². The molecule has 1 heterocycles. The van der Waals surface area contributed by atoms with Crippen LogP contribution in [0.15, 0.2) is 66.9 Å². The second-order valence-corrected chi connectivity index (χ2v) is 5.88. The summed E-state index contributed by atoms with van der Waals surface area (Å²) in [6.07, 6.45) is 0. The number of carbonyl (C=O) groups is 2. The zero-order chi connectivity index (χ0) is 19.4. The Morgan fingerprint density at radius 3 is 2.41 bits per heavy atom. The van der Waals surface area contributed by atoms with Crippen LogP contribution in [-0.2, 0) is 4.79 Å². The van der Waals surface area contributed by atoms with E-state index in [-0.39, 0.29) is 17.4 Å². The lowest BCUT2D eigenvalue weighted by Gasteiger charge is -2.34. The van der Waals surface area contributed by atoms with Crippen molar-refractivity contribution in [1.82, 2.24) is 10.6 Å². The van der Waals surface area contributed by atoms with Gasteiger partial charge in [0.25, 0.3) is 0 Å². The summed E-state index contributed by atoms with van der Waals surface area (Å²) in [4.78, 5) is 24.7. The number of benzene rings is 2. The van der Waals surface area contributed by atoms with Crippen molar-refractivity contribution < 1.29 is 23.1 Å². The Kier molecular flexibility index (Phi) is 5.35. The molecule has 0 radical (unpaired) electrons. The predicted molar refractivity (Wildman–Crippen MR) is 95.2 cm³/mol. The Balaban J connectivity index is 1.84. The quantitative estimate of drug-likeness (QED) is 0.751. The van der Waals surface area contributed by atoms with E-state index in [1.165, 1.54) is 24.3 Å². The number of hydrogen-bond acceptors (Lipinski definition) is 3. The Morgan fingerprint density at radius 2 is 1.78 bits per heavy atom. The van der Waals surface area contributed by atoms with Crippen molar-refractivity contribution in [3.63, 3.8) is 0 Å². The molecule has 0 saturated carbocycles. The van der Waals surface area contributed by atoms with Gasteiger partial charge in [-0.1, -0.05) is 36.9 Å². The van der Waals surface area contributed by atoms with Crippen LogP contribution in [0.1, 0.15) is 11.6 Å². The van der Waals surface area contributed by atoms with Crippen molar-refractivity contribution in [3.05, 3.63) is 72.4 Å². The molecule has 1 saturated heterocycles. The molecule has 0 spiro atoms. The Bertz CT molecular complexity index is 841. The number of carbonyl (C=O) groups excluding carboxylic acids is 2. The number of para-hydroxylation sites is 1. The lowest BCUT2D eigenvalue weighted by atomic mass is 9.88. The molecule has 0 aliphatic carbocycles. The third-order valence-corrected chi connectivity index (χ3v) is 4.06. The maximum Gasteiger partial charge on any atom is 0.387 e. The molecule has 3 amide bonds. The van der Waals surface area contributed by atoms with E-state index in [4.69, 9.17) is 0 Å². The maximum absolute atomic E-state index is 12.8. The molecule has 2 aromatic rings. The topological polar surface area (TPSA) is 79.5 Å². The minimum absolute atomic E-state index is 0.0156. The second kappa shape index (κ2) is 7.86. The SMILES string of the molecule is C=C1NC(=O)N[C@H](c2ccc(OC(F)F)cc2)[C@H]1C(=O)Nc1ccccc1. The largest absolute Gasteiger partial charge is 0.435 e. The monoisotopic (exact) mass is 373 g/mol. The van der Waals surface area contributed by atoms with E-state index in [1.54, 1.807) is 24.3 Å². The van der Waals surface area contributed by atoms with Crippen LogP contribution in [0.25, 0.3) is 0 Å². The van der Waals surface area contributed by atoms with Gasteiger partial charge in [-0.2, -0.15) is 8.78 Å². The first kappa shape index (κ1) is 18.4. The number of halogens is 2. The van der Waals surface area contributed by atoms with Gasteiger partial charge in [0.1, 0.15) is 11.7 Å². The van der Waals surface area contributed by atoms with Crippen LogP contribution < -0.4 is 20.7 Å². The first-order chi connectivity index (χ1) is 12.9. The lowest BCUT2D eigenvalue weighted by Crippen LogP contribution is -2.51. The van der Waals surface area contributed by atoms with E-state index in [0.717, 1.165) is 0 Å². The molecule has 140 valence electrons. The fourth-order valence-corrected chi connectivity index (χ4v) is 2.87. The van der Waals surface area contributed by atoms with Crippen LogP contribution in [0, 0.1) is 5.92 Å². The van der Waals surface area contributed by atoms with E-state index in [9.17, 15) is 18.4 Å². The fourth-order valence-electron chi connectivity index (χ4n) is 2.87. The van der Waals surface area contributed by atoms with E-state index in [0.29, 0.717) is 11.3 Å². The molecule has 27 heavy (non-hydrogen) atoms. The summed E-state index contributed by atoms with van der Waals surface area (Å²) in [5.41, 5.74) is 1.40. The number of urea groups is 1. The highest BCUT2D eigenvalue weighted by molar-refractivity contribution is 5.97. The summed E-state index contributed by atoms with van der Waals surface area (Å²) in [5.74, 6) is -1.18. The Labute approximate surface area is 154 Å². The number of anilines is 1.